The van der Waals surface area contributed by atoms with E-state index in [4.69, 9.17) is 10.8 Å². The number of fused-ring (bicyclic) bond motifs is 1. The van der Waals surface area contributed by atoms with Crippen LogP contribution in [-0.2, 0) is 10.0 Å². The van der Waals surface area contributed by atoms with Crippen molar-refractivity contribution in [3.05, 3.63) is 107 Å². The number of nitrogens with two attached hydrogens (primary N) is 1. The Morgan fingerprint density at radius 3 is 2.47 bits per heavy atom. The molecule has 0 amide bonds. The second kappa shape index (κ2) is 12.4. The molecule has 0 aliphatic heterocycles. The molecular formula is C32H32N10O4S. The summed E-state index contributed by atoms with van der Waals surface area (Å²) in [6.45, 7) is 6.03. The Hall–Kier alpha value is -5.96. The van der Waals surface area contributed by atoms with Gasteiger partial charge in [0.1, 0.15) is 35.0 Å². The van der Waals surface area contributed by atoms with Crippen LogP contribution in [0.15, 0.2) is 95.1 Å². The molecule has 6 rings (SSSR count). The van der Waals surface area contributed by atoms with Crippen molar-refractivity contribution < 1.29 is 13.5 Å². The average molecular weight is 653 g/mol. The first-order valence-electron chi connectivity index (χ1n) is 14.7. The van der Waals surface area contributed by atoms with Crippen molar-refractivity contribution in [1.29, 1.82) is 0 Å². The van der Waals surface area contributed by atoms with Gasteiger partial charge in [-0.2, -0.15) is 5.10 Å². The molecule has 0 aliphatic rings. The third-order valence-corrected chi connectivity index (χ3v) is 8.84. The number of benzene rings is 2. The molecule has 0 spiro atoms. The Bertz CT molecular complexity index is 2250. The molecule has 6 N–H and O–H groups in total. The molecule has 15 heteroatoms. The highest BCUT2D eigenvalue weighted by molar-refractivity contribution is 7.92. The van der Waals surface area contributed by atoms with E-state index in [1.54, 1.807) is 21.3 Å². The van der Waals surface area contributed by atoms with E-state index in [9.17, 15) is 18.3 Å². The molecule has 0 aliphatic carbocycles. The zero-order valence-corrected chi connectivity index (χ0v) is 26.5. The number of aromatic nitrogens is 6. The van der Waals surface area contributed by atoms with E-state index in [-0.39, 0.29) is 27.7 Å². The van der Waals surface area contributed by atoms with E-state index in [1.807, 2.05) is 57.2 Å². The predicted octanol–water partition coefficient (Wildman–Crippen LogP) is 4.34. The van der Waals surface area contributed by atoms with Crippen LogP contribution in [0.4, 0.5) is 23.1 Å². The highest BCUT2D eigenvalue weighted by Crippen LogP contribution is 2.36. The minimum absolute atomic E-state index is 0.0475. The van der Waals surface area contributed by atoms with Crippen molar-refractivity contribution in [1.82, 2.24) is 29.1 Å². The van der Waals surface area contributed by atoms with Gasteiger partial charge in [0.25, 0.3) is 15.6 Å². The number of nitrogens with one attached hydrogen (secondary N) is 3. The number of hydrogen-bond acceptors (Lipinski definition) is 11. The Morgan fingerprint density at radius 2 is 1.74 bits per heavy atom. The summed E-state index contributed by atoms with van der Waals surface area (Å²) in [5.41, 5.74) is 9.03. The number of aryl methyl sites for hydroxylation is 1. The molecule has 0 bridgehead atoms. The van der Waals surface area contributed by atoms with Crippen LogP contribution >= 0.6 is 0 Å². The van der Waals surface area contributed by atoms with E-state index in [1.165, 1.54) is 36.8 Å². The molecule has 47 heavy (non-hydrogen) atoms. The van der Waals surface area contributed by atoms with Gasteiger partial charge >= 0.3 is 0 Å². The zero-order valence-electron chi connectivity index (χ0n) is 25.7. The van der Waals surface area contributed by atoms with Gasteiger partial charge < -0.3 is 21.5 Å². The predicted molar refractivity (Wildman–Crippen MR) is 180 cm³/mol. The van der Waals surface area contributed by atoms with Crippen LogP contribution in [0.1, 0.15) is 31.3 Å². The number of nitrogen functional groups attached to an aromatic ring is 1. The SMILES string of the molecule is CCNc1ncc(-c2c(N)ncnc2NC(C)c2nn3ccc(C)c3c(=O)n2-c2ccccc2)cc1NS(=O)(=O)c1ccc(O)cc1. The molecule has 1 unspecified atom stereocenters. The van der Waals surface area contributed by atoms with Crippen LogP contribution in [-0.4, -0.2) is 49.2 Å². The van der Waals surface area contributed by atoms with Gasteiger partial charge in [0, 0.05) is 24.5 Å². The first-order chi connectivity index (χ1) is 22.6. The summed E-state index contributed by atoms with van der Waals surface area (Å²) in [4.78, 5) is 26.9. The number of phenols is 1. The van der Waals surface area contributed by atoms with Crippen molar-refractivity contribution in [3.8, 4) is 22.6 Å². The largest absolute Gasteiger partial charge is 0.508 e. The Morgan fingerprint density at radius 1 is 1.00 bits per heavy atom. The molecule has 4 heterocycles. The molecule has 6 aromatic rings. The normalized spacial score (nSPS) is 12.1. The van der Waals surface area contributed by atoms with Gasteiger partial charge in [-0.05, 0) is 74.9 Å². The second-order valence-electron chi connectivity index (χ2n) is 10.7. The minimum Gasteiger partial charge on any atom is -0.508 e. The van der Waals surface area contributed by atoms with Crippen molar-refractivity contribution >= 4 is 38.7 Å². The lowest BCUT2D eigenvalue weighted by Crippen LogP contribution is -2.29. The molecule has 0 saturated heterocycles. The van der Waals surface area contributed by atoms with Crippen LogP contribution in [0.3, 0.4) is 0 Å². The number of anilines is 4. The van der Waals surface area contributed by atoms with Gasteiger partial charge in [-0.1, -0.05) is 18.2 Å². The van der Waals surface area contributed by atoms with Crippen LogP contribution < -0.4 is 26.6 Å². The number of rotatable bonds is 10. The maximum absolute atomic E-state index is 13.8. The summed E-state index contributed by atoms with van der Waals surface area (Å²) >= 11 is 0. The fourth-order valence-electron chi connectivity index (χ4n) is 5.22. The van der Waals surface area contributed by atoms with Gasteiger partial charge in [0.2, 0.25) is 0 Å². The van der Waals surface area contributed by atoms with E-state index < -0.39 is 16.1 Å². The number of pyridine rings is 1. The number of hydrogen-bond donors (Lipinski definition) is 5. The van der Waals surface area contributed by atoms with Crippen LogP contribution in [0.5, 0.6) is 5.75 Å². The molecule has 0 radical (unpaired) electrons. The van der Waals surface area contributed by atoms with E-state index in [0.717, 1.165) is 5.56 Å². The Labute approximate surface area is 270 Å². The molecule has 2 aromatic carbocycles. The van der Waals surface area contributed by atoms with Crippen LogP contribution in [0.25, 0.3) is 22.3 Å². The standard InChI is InChI=1S/C32H32N10O4S/c1-4-34-29-25(40-47(45,46)24-12-10-23(43)11-13-24)16-21(17-35-29)26-28(33)36-18-37-30(26)38-20(3)31-39-41-15-14-19(2)27(41)32(44)42(31)22-8-6-5-7-9-22/h5-18,20,40,43H,4H2,1-3H3,(H,34,35)(H3,33,36,37,38). The maximum Gasteiger partial charge on any atom is 0.282 e. The molecule has 240 valence electrons. The summed E-state index contributed by atoms with van der Waals surface area (Å²) < 4.78 is 32.3. The maximum atomic E-state index is 13.8. The summed E-state index contributed by atoms with van der Waals surface area (Å²) in [5, 5.41) is 20.8. The minimum atomic E-state index is -4.06. The second-order valence-corrected chi connectivity index (χ2v) is 12.4. The van der Waals surface area contributed by atoms with Gasteiger partial charge in [-0.3, -0.25) is 14.1 Å². The first-order valence-corrected chi connectivity index (χ1v) is 16.1. The third-order valence-electron chi connectivity index (χ3n) is 7.46. The fraction of sp³-hybridized carbons (Fsp3) is 0.156. The number of aromatic hydroxyl groups is 1. The van der Waals surface area contributed by atoms with E-state index in [0.29, 0.717) is 46.3 Å². The Kier molecular flexibility index (Phi) is 8.22. The summed E-state index contributed by atoms with van der Waals surface area (Å²) in [6.07, 6.45) is 4.58. The third kappa shape index (κ3) is 6.03. The molecule has 4 aromatic heterocycles. The lowest BCUT2D eigenvalue weighted by molar-refractivity contribution is 0.475. The zero-order chi connectivity index (χ0) is 33.3. The van der Waals surface area contributed by atoms with E-state index >= 15 is 0 Å². The number of sulfonamides is 1. The number of phenolic OH excluding ortho intramolecular Hbond substituents is 1. The average Bonchev–Trinajstić information content (AvgIpc) is 3.43. The highest BCUT2D eigenvalue weighted by atomic mass is 32.2. The monoisotopic (exact) mass is 652 g/mol. The van der Waals surface area contributed by atoms with Gasteiger partial charge in [-0.15, -0.1) is 0 Å². The first kappa shape index (κ1) is 31.0. The summed E-state index contributed by atoms with van der Waals surface area (Å²) in [6, 6.07) is 17.2. The topological polar surface area (TPSA) is 194 Å². The molecule has 1 atom stereocenters. The van der Waals surface area contributed by atoms with Gasteiger partial charge in [-0.25, -0.2) is 27.9 Å². The van der Waals surface area contributed by atoms with Crippen LogP contribution in [0.2, 0.25) is 0 Å². The van der Waals surface area contributed by atoms with Crippen molar-refractivity contribution in [2.45, 2.75) is 31.7 Å². The molecule has 14 nitrogen and oxygen atoms in total. The quantitative estimate of drug-likeness (QED) is 0.141. The smallest absolute Gasteiger partial charge is 0.282 e. The molecule has 0 fully saturated rings. The number of nitrogens with zero attached hydrogens (tertiary/aromatic N) is 6. The summed E-state index contributed by atoms with van der Waals surface area (Å²) in [7, 11) is -4.06. The van der Waals surface area contributed by atoms with Crippen molar-refractivity contribution in [2.24, 2.45) is 0 Å². The lowest BCUT2D eigenvalue weighted by Gasteiger charge is -2.21. The van der Waals surface area contributed by atoms with Gasteiger partial charge in [0.15, 0.2) is 5.82 Å². The van der Waals surface area contributed by atoms with Crippen LogP contribution in [0, 0.1) is 6.92 Å². The van der Waals surface area contributed by atoms with Crippen molar-refractivity contribution in [3.63, 3.8) is 0 Å². The number of para-hydroxylation sites is 1. The fourth-order valence-corrected chi connectivity index (χ4v) is 6.28. The highest BCUT2D eigenvalue weighted by Gasteiger charge is 2.23. The van der Waals surface area contributed by atoms with E-state index in [2.05, 4.69) is 30.3 Å². The lowest BCUT2D eigenvalue weighted by atomic mass is 10.1. The molecule has 0 saturated carbocycles. The Balaban J connectivity index is 1.42. The van der Waals surface area contributed by atoms with Gasteiger partial charge in [0.05, 0.1) is 27.9 Å². The van der Waals surface area contributed by atoms with Crippen molar-refractivity contribution in [2.75, 3.05) is 27.6 Å². The molecular weight excluding hydrogens is 620 g/mol. The summed E-state index contributed by atoms with van der Waals surface area (Å²) in [5.74, 6) is 1.07.